The minimum atomic E-state index is -3.39. The van der Waals surface area contributed by atoms with Crippen molar-refractivity contribution >= 4 is 44.9 Å². The Bertz CT molecular complexity index is 1200. The number of hydrogen-bond acceptors (Lipinski definition) is 5. The zero-order chi connectivity index (χ0) is 26.8. The number of aliphatic carboxylic acids is 1. The van der Waals surface area contributed by atoms with Crippen LogP contribution < -0.4 is 0 Å². The molecule has 0 bridgehead atoms. The summed E-state index contributed by atoms with van der Waals surface area (Å²) in [6.07, 6.45) is -2.83. The Morgan fingerprint density at radius 1 is 1.08 bits per heavy atom. The lowest BCUT2D eigenvalue weighted by Gasteiger charge is -2.47. The van der Waals surface area contributed by atoms with Crippen LogP contribution in [0, 0.1) is 5.82 Å². The monoisotopic (exact) mass is 559 g/mol. The Morgan fingerprint density at radius 2 is 1.72 bits per heavy atom. The topological polar surface area (TPSA) is 101 Å². The number of halogens is 3. The third kappa shape index (κ3) is 6.56. The van der Waals surface area contributed by atoms with Crippen LogP contribution in [0.1, 0.15) is 56.9 Å². The molecule has 7 nitrogen and oxygen atoms in total. The summed E-state index contributed by atoms with van der Waals surface area (Å²) >= 11 is 12.2. The number of amides is 1. The minimum Gasteiger partial charge on any atom is -0.481 e. The second kappa shape index (κ2) is 11.5. The number of ether oxygens (including phenoxy) is 1. The Hall–Kier alpha value is -2.20. The van der Waals surface area contributed by atoms with Crippen molar-refractivity contribution in [2.75, 3.05) is 5.75 Å². The zero-order valence-electron chi connectivity index (χ0n) is 20.0. The quantitative estimate of drug-likeness (QED) is 0.452. The number of hydrogen-bond donors (Lipinski definition) is 1. The van der Waals surface area contributed by atoms with Crippen LogP contribution in [0.15, 0.2) is 42.5 Å². The van der Waals surface area contributed by atoms with E-state index in [4.69, 9.17) is 27.9 Å². The molecule has 1 N–H and O–H groups in total. The molecule has 11 heteroatoms. The van der Waals surface area contributed by atoms with E-state index < -0.39 is 63.5 Å². The van der Waals surface area contributed by atoms with E-state index in [-0.39, 0.29) is 17.2 Å². The summed E-state index contributed by atoms with van der Waals surface area (Å²) in [6.45, 7) is 4.88. The lowest BCUT2D eigenvalue weighted by atomic mass is 9.89. The first-order valence-corrected chi connectivity index (χ1v) is 13.9. The summed E-state index contributed by atoms with van der Waals surface area (Å²) in [5.41, 5.74) is 0.917. The number of rotatable bonds is 9. The maximum atomic E-state index is 14.3. The number of nitrogens with zero attached hydrogens (tertiary/aromatic N) is 1. The van der Waals surface area contributed by atoms with Crippen LogP contribution in [0.3, 0.4) is 0 Å². The lowest BCUT2D eigenvalue weighted by molar-refractivity contribution is -0.182. The maximum Gasteiger partial charge on any atom is 0.306 e. The van der Waals surface area contributed by atoms with Gasteiger partial charge >= 0.3 is 5.97 Å². The van der Waals surface area contributed by atoms with Crippen molar-refractivity contribution in [3.8, 4) is 0 Å². The van der Waals surface area contributed by atoms with Crippen molar-refractivity contribution < 1.29 is 32.2 Å². The van der Waals surface area contributed by atoms with Crippen LogP contribution in [-0.4, -0.2) is 53.4 Å². The molecule has 1 heterocycles. The fourth-order valence-electron chi connectivity index (χ4n) is 4.25. The van der Waals surface area contributed by atoms with Crippen molar-refractivity contribution in [3.63, 3.8) is 0 Å². The highest BCUT2D eigenvalue weighted by atomic mass is 35.5. The van der Waals surface area contributed by atoms with Gasteiger partial charge in [0.05, 0.1) is 23.5 Å². The first-order valence-electron chi connectivity index (χ1n) is 11.4. The second-order valence-corrected chi connectivity index (χ2v) is 12.7. The van der Waals surface area contributed by atoms with Gasteiger partial charge in [-0.3, -0.25) is 9.59 Å². The Morgan fingerprint density at radius 3 is 2.28 bits per heavy atom. The predicted molar refractivity (Wildman–Crippen MR) is 135 cm³/mol. The van der Waals surface area contributed by atoms with E-state index in [0.29, 0.717) is 16.1 Å². The minimum absolute atomic E-state index is 0.109. The summed E-state index contributed by atoms with van der Waals surface area (Å²) in [5, 5.41) is 9.39. The highest BCUT2D eigenvalue weighted by Gasteiger charge is 2.46. The van der Waals surface area contributed by atoms with E-state index >= 15 is 0 Å². The highest BCUT2D eigenvalue weighted by molar-refractivity contribution is 7.91. The number of benzene rings is 2. The molecule has 196 valence electrons. The van der Waals surface area contributed by atoms with E-state index in [1.165, 1.54) is 17.0 Å². The maximum absolute atomic E-state index is 14.3. The number of carbonyl (C=O) groups excluding carboxylic acids is 1. The number of carboxylic acid groups (broad SMARTS) is 1. The summed E-state index contributed by atoms with van der Waals surface area (Å²) in [5.74, 6) is -2.62. The normalized spacial score (nSPS) is 21.6. The van der Waals surface area contributed by atoms with Crippen LogP contribution in [0.4, 0.5) is 4.39 Å². The molecule has 1 aliphatic rings. The fourth-order valence-corrected chi connectivity index (χ4v) is 5.75. The molecule has 0 saturated carbocycles. The summed E-state index contributed by atoms with van der Waals surface area (Å²) in [6, 6.07) is 9.06. The lowest BCUT2D eigenvalue weighted by Crippen LogP contribution is -2.54. The predicted octanol–water partition coefficient (Wildman–Crippen LogP) is 5.22. The van der Waals surface area contributed by atoms with Crippen LogP contribution in [-0.2, 0) is 24.2 Å². The average molecular weight is 560 g/mol. The van der Waals surface area contributed by atoms with Crippen molar-refractivity contribution in [1.82, 2.24) is 4.90 Å². The molecule has 2 aromatic carbocycles. The zero-order valence-corrected chi connectivity index (χ0v) is 22.4. The molecule has 0 aliphatic carbocycles. The summed E-state index contributed by atoms with van der Waals surface area (Å²) in [4.78, 5) is 26.6. The molecule has 1 amide bonds. The molecule has 0 spiro atoms. The van der Waals surface area contributed by atoms with Gasteiger partial charge in [-0.15, -0.1) is 0 Å². The number of carboxylic acids is 1. The van der Waals surface area contributed by atoms with Gasteiger partial charge in [-0.25, -0.2) is 12.8 Å². The van der Waals surface area contributed by atoms with Gasteiger partial charge < -0.3 is 14.7 Å². The van der Waals surface area contributed by atoms with E-state index in [1.54, 1.807) is 45.0 Å². The van der Waals surface area contributed by atoms with Gasteiger partial charge in [0.25, 0.3) is 5.91 Å². The Kier molecular flexibility index (Phi) is 9.03. The van der Waals surface area contributed by atoms with Crippen molar-refractivity contribution in [2.24, 2.45) is 0 Å². The highest BCUT2D eigenvalue weighted by Crippen LogP contribution is 2.44. The van der Waals surface area contributed by atoms with Crippen molar-refractivity contribution in [1.29, 1.82) is 0 Å². The third-order valence-electron chi connectivity index (χ3n) is 6.23. The van der Waals surface area contributed by atoms with E-state index in [0.717, 1.165) is 6.07 Å². The molecule has 1 saturated heterocycles. The molecule has 1 fully saturated rings. The molecule has 0 aromatic heterocycles. The SMILES string of the molecule is CC(C)S(=O)(=O)CC[C@H](C)N1C(=O)[C@@H](CC(=O)O)O[C@H](c2cc(F)cc(Cl)c2)[C@H]1c1ccc(Cl)cc1. The number of morpholine rings is 1. The molecular weight excluding hydrogens is 532 g/mol. The molecule has 0 radical (unpaired) electrons. The van der Waals surface area contributed by atoms with E-state index in [9.17, 15) is 27.5 Å². The average Bonchev–Trinajstić information content (AvgIpc) is 2.78. The largest absolute Gasteiger partial charge is 0.481 e. The van der Waals surface area contributed by atoms with Crippen LogP contribution in [0.25, 0.3) is 0 Å². The summed E-state index contributed by atoms with van der Waals surface area (Å²) < 4.78 is 45.3. The smallest absolute Gasteiger partial charge is 0.306 e. The first-order chi connectivity index (χ1) is 16.8. The molecular formula is C25H28Cl2FNO6S. The summed E-state index contributed by atoms with van der Waals surface area (Å²) in [7, 11) is -3.39. The van der Waals surface area contributed by atoms with Crippen LogP contribution >= 0.6 is 23.2 Å². The van der Waals surface area contributed by atoms with Gasteiger partial charge in [0.2, 0.25) is 0 Å². The Labute approximate surface area is 220 Å². The van der Waals surface area contributed by atoms with Crippen LogP contribution in [0.5, 0.6) is 0 Å². The molecule has 1 aliphatic heterocycles. The van der Waals surface area contributed by atoms with Gasteiger partial charge in [0.1, 0.15) is 18.0 Å². The molecule has 36 heavy (non-hydrogen) atoms. The molecule has 3 rings (SSSR count). The number of carbonyl (C=O) groups is 2. The first kappa shape index (κ1) is 28.4. The second-order valence-electron chi connectivity index (χ2n) is 9.14. The van der Waals surface area contributed by atoms with Crippen molar-refractivity contribution in [3.05, 3.63) is 69.5 Å². The molecule has 4 atom stereocenters. The number of sulfone groups is 1. The van der Waals surface area contributed by atoms with Crippen LogP contribution in [0.2, 0.25) is 10.0 Å². The van der Waals surface area contributed by atoms with Crippen molar-refractivity contribution in [2.45, 2.75) is 63.2 Å². The van der Waals surface area contributed by atoms with Gasteiger partial charge in [0.15, 0.2) is 9.84 Å². The van der Waals surface area contributed by atoms with Gasteiger partial charge in [-0.1, -0.05) is 35.3 Å². The Balaban J connectivity index is 2.13. The van der Waals surface area contributed by atoms with Gasteiger partial charge in [-0.2, -0.15) is 0 Å². The molecule has 2 aromatic rings. The van der Waals surface area contributed by atoms with E-state index in [1.807, 2.05) is 0 Å². The fraction of sp³-hybridized carbons (Fsp3) is 0.440. The van der Waals surface area contributed by atoms with E-state index in [2.05, 4.69) is 0 Å². The van der Waals surface area contributed by atoms with Gasteiger partial charge in [0, 0.05) is 16.1 Å². The molecule has 0 unspecified atom stereocenters. The third-order valence-corrected chi connectivity index (χ3v) is 8.94. The standard InChI is InChI=1S/C25H28Cl2FNO6S/c1-14(2)36(33,34)9-8-15(3)29-23(16-4-6-18(26)7-5-16)24(17-10-19(27)12-20(28)11-17)35-21(25(29)32)13-22(30)31/h4-7,10-12,14-15,21,23-24H,8-9,13H2,1-3H3,(H,30,31)/t15-,21+,23+,24+/m0/s1. The van der Waals surface area contributed by atoms with Gasteiger partial charge in [-0.05, 0) is 68.7 Å².